The number of fused-ring (bicyclic) bond motifs is 1. The predicted octanol–water partition coefficient (Wildman–Crippen LogP) is 6.69. The summed E-state index contributed by atoms with van der Waals surface area (Å²) in [5.74, 6) is -1.63. The van der Waals surface area contributed by atoms with Crippen molar-refractivity contribution in [1.29, 1.82) is 0 Å². The third-order valence-electron chi connectivity index (χ3n) is 5.25. The number of halogens is 3. The Labute approximate surface area is 194 Å². The second-order valence-electron chi connectivity index (χ2n) is 7.47. The van der Waals surface area contributed by atoms with Crippen molar-refractivity contribution in [1.82, 2.24) is 4.98 Å². The Morgan fingerprint density at radius 2 is 1.91 bits per heavy atom. The molecule has 1 N–H and O–H groups in total. The van der Waals surface area contributed by atoms with Crippen LogP contribution >= 0.6 is 11.6 Å². The Morgan fingerprint density at radius 1 is 1.12 bits per heavy atom. The molecule has 33 heavy (non-hydrogen) atoms. The number of pyridine rings is 1. The van der Waals surface area contributed by atoms with E-state index in [0.29, 0.717) is 27.5 Å². The highest BCUT2D eigenvalue weighted by Gasteiger charge is 2.18. The van der Waals surface area contributed by atoms with Gasteiger partial charge in [0.1, 0.15) is 5.84 Å². The molecule has 0 amide bonds. The predicted molar refractivity (Wildman–Crippen MR) is 131 cm³/mol. The number of nitrogens with one attached hydrogen (secondary N) is 1. The zero-order valence-electron chi connectivity index (χ0n) is 17.8. The van der Waals surface area contributed by atoms with E-state index in [2.05, 4.69) is 11.6 Å². The molecule has 4 rings (SSSR count). The van der Waals surface area contributed by atoms with Gasteiger partial charge in [-0.05, 0) is 60.5 Å². The molecular weight excluding hydrogens is 444 g/mol. The Bertz CT molecular complexity index is 1450. The lowest BCUT2D eigenvalue weighted by Gasteiger charge is -2.26. The average molecular weight is 464 g/mol. The molecule has 4 nitrogen and oxygen atoms in total. The van der Waals surface area contributed by atoms with Crippen LogP contribution in [-0.4, -0.2) is 10.8 Å². The zero-order valence-corrected chi connectivity index (χ0v) is 18.5. The van der Waals surface area contributed by atoms with E-state index in [1.54, 1.807) is 24.3 Å². The van der Waals surface area contributed by atoms with Crippen LogP contribution in [0.2, 0.25) is 5.02 Å². The highest BCUT2D eigenvalue weighted by atomic mass is 35.5. The van der Waals surface area contributed by atoms with Gasteiger partial charge >= 0.3 is 0 Å². The fourth-order valence-corrected chi connectivity index (χ4v) is 3.80. The van der Waals surface area contributed by atoms with Gasteiger partial charge in [0, 0.05) is 22.2 Å². The minimum atomic E-state index is -1.10. The third kappa shape index (κ3) is 4.71. The number of aromatic amines is 1. The normalized spacial score (nSPS) is 11.6. The van der Waals surface area contributed by atoms with Crippen LogP contribution in [0.3, 0.4) is 0 Å². The molecule has 7 heteroatoms. The van der Waals surface area contributed by atoms with Crippen molar-refractivity contribution in [2.75, 3.05) is 4.90 Å². The van der Waals surface area contributed by atoms with Crippen LogP contribution in [0.25, 0.3) is 10.9 Å². The molecule has 0 spiro atoms. The van der Waals surface area contributed by atoms with Crippen LogP contribution in [0, 0.1) is 18.6 Å². The Balaban J connectivity index is 1.90. The summed E-state index contributed by atoms with van der Waals surface area (Å²) >= 11 is 6.25. The maximum absolute atomic E-state index is 14.4. The number of aryl methyl sites for hydroxylation is 1. The van der Waals surface area contributed by atoms with Crippen LogP contribution in [0.15, 0.2) is 89.2 Å². The van der Waals surface area contributed by atoms with Crippen molar-refractivity contribution >= 4 is 39.7 Å². The van der Waals surface area contributed by atoms with Gasteiger partial charge in [0.25, 0.3) is 0 Å². The van der Waals surface area contributed by atoms with Gasteiger partial charge < -0.3 is 9.88 Å². The molecule has 0 bridgehead atoms. The summed E-state index contributed by atoms with van der Waals surface area (Å²) in [5.41, 5.74) is 2.20. The maximum Gasteiger partial charge on any atom is 0.248 e. The molecule has 0 unspecified atom stereocenters. The first kappa shape index (κ1) is 22.4. The van der Waals surface area contributed by atoms with Crippen LogP contribution in [0.4, 0.5) is 20.2 Å². The van der Waals surface area contributed by atoms with Crippen molar-refractivity contribution in [3.05, 3.63) is 118 Å². The topological polar surface area (TPSA) is 48.5 Å². The molecule has 0 fully saturated rings. The number of nitrogens with zero attached hydrogens (tertiary/aromatic N) is 2. The fourth-order valence-electron chi connectivity index (χ4n) is 3.61. The summed E-state index contributed by atoms with van der Waals surface area (Å²) < 4.78 is 28.2. The number of benzene rings is 3. The van der Waals surface area contributed by atoms with E-state index < -0.39 is 17.2 Å². The van der Waals surface area contributed by atoms with Crippen molar-refractivity contribution < 1.29 is 8.78 Å². The number of anilines is 1. The quantitative estimate of drug-likeness (QED) is 0.265. The summed E-state index contributed by atoms with van der Waals surface area (Å²) in [7, 11) is 0. The minimum Gasteiger partial charge on any atom is -0.322 e. The van der Waals surface area contributed by atoms with Crippen LogP contribution in [0.1, 0.15) is 11.1 Å². The molecule has 0 saturated heterocycles. The van der Waals surface area contributed by atoms with E-state index in [-0.39, 0.29) is 12.1 Å². The molecule has 0 aliphatic carbocycles. The second kappa shape index (κ2) is 9.38. The monoisotopic (exact) mass is 463 g/mol. The second-order valence-corrected chi connectivity index (χ2v) is 7.91. The van der Waals surface area contributed by atoms with Crippen molar-refractivity contribution in [2.45, 2.75) is 13.5 Å². The lowest BCUT2D eigenvalue weighted by molar-refractivity contribution is 0.515. The molecule has 3 aromatic carbocycles. The van der Waals surface area contributed by atoms with Crippen molar-refractivity contribution in [3.8, 4) is 0 Å². The van der Waals surface area contributed by atoms with Gasteiger partial charge in [0.2, 0.25) is 5.56 Å². The zero-order chi connectivity index (χ0) is 23.5. The first-order chi connectivity index (χ1) is 15.9. The molecule has 1 heterocycles. The number of hydrogen-bond acceptors (Lipinski definition) is 2. The van der Waals surface area contributed by atoms with Crippen LogP contribution in [-0.2, 0) is 6.54 Å². The molecule has 166 valence electrons. The molecule has 0 atom stereocenters. The molecule has 0 aliphatic rings. The van der Waals surface area contributed by atoms with Gasteiger partial charge in [-0.1, -0.05) is 42.4 Å². The highest BCUT2D eigenvalue weighted by Crippen LogP contribution is 2.27. The maximum atomic E-state index is 14.4. The lowest BCUT2D eigenvalue weighted by Crippen LogP contribution is -2.29. The van der Waals surface area contributed by atoms with Gasteiger partial charge in [-0.3, -0.25) is 4.79 Å². The molecule has 4 aromatic rings. The number of para-hydroxylation sites is 1. The summed E-state index contributed by atoms with van der Waals surface area (Å²) in [5, 5.41) is 0.903. The van der Waals surface area contributed by atoms with Gasteiger partial charge in [-0.25, -0.2) is 13.8 Å². The number of hydrogen-bond donors (Lipinski definition) is 1. The van der Waals surface area contributed by atoms with Gasteiger partial charge in [0.15, 0.2) is 11.6 Å². The lowest BCUT2D eigenvalue weighted by atomic mass is 10.1. The summed E-state index contributed by atoms with van der Waals surface area (Å²) in [4.78, 5) is 21.3. The molecular formula is C26H20ClF2N3O. The molecule has 0 radical (unpaired) electrons. The standard InChI is InChI=1S/C26H20ClF2N3O/c1-3-23(30-22-10-5-4-7-16(22)2)32(19-9-6-8-18(27)14-19)15-17-13-24(33)31-26-20(17)11-12-21(28)25(26)29/h3-14H,1,15H2,2H3,(H,31,33). The summed E-state index contributed by atoms with van der Waals surface area (Å²) in [6, 6.07) is 18.6. The van der Waals surface area contributed by atoms with E-state index in [1.165, 1.54) is 12.1 Å². The number of aliphatic imine (C=N–C) groups is 1. The van der Waals surface area contributed by atoms with Crippen LogP contribution < -0.4 is 10.5 Å². The molecule has 1 aromatic heterocycles. The third-order valence-corrected chi connectivity index (χ3v) is 5.49. The first-order valence-electron chi connectivity index (χ1n) is 10.2. The number of rotatable bonds is 5. The smallest absolute Gasteiger partial charge is 0.248 e. The summed E-state index contributed by atoms with van der Waals surface area (Å²) in [6.45, 7) is 6.01. The van der Waals surface area contributed by atoms with E-state index in [0.717, 1.165) is 17.3 Å². The molecule has 0 aliphatic heterocycles. The average Bonchev–Trinajstić information content (AvgIpc) is 2.80. The fraction of sp³-hybridized carbons (Fsp3) is 0.0769. The van der Waals surface area contributed by atoms with Crippen LogP contribution in [0.5, 0.6) is 0 Å². The van der Waals surface area contributed by atoms with E-state index in [9.17, 15) is 13.6 Å². The van der Waals surface area contributed by atoms with E-state index in [1.807, 2.05) is 42.2 Å². The number of amidine groups is 1. The molecule has 0 saturated carbocycles. The number of aromatic nitrogens is 1. The van der Waals surface area contributed by atoms with Gasteiger partial charge in [-0.15, -0.1) is 0 Å². The van der Waals surface area contributed by atoms with E-state index in [4.69, 9.17) is 16.6 Å². The largest absolute Gasteiger partial charge is 0.322 e. The Hall–Kier alpha value is -3.77. The Kier molecular flexibility index (Phi) is 6.38. The summed E-state index contributed by atoms with van der Waals surface area (Å²) in [6.07, 6.45) is 1.60. The minimum absolute atomic E-state index is 0.141. The Morgan fingerprint density at radius 3 is 2.64 bits per heavy atom. The van der Waals surface area contributed by atoms with E-state index >= 15 is 0 Å². The number of H-pyrrole nitrogens is 1. The van der Waals surface area contributed by atoms with Gasteiger partial charge in [0.05, 0.1) is 17.7 Å². The van der Waals surface area contributed by atoms with Crippen molar-refractivity contribution in [3.63, 3.8) is 0 Å². The highest BCUT2D eigenvalue weighted by molar-refractivity contribution is 6.31. The van der Waals surface area contributed by atoms with Crippen molar-refractivity contribution in [2.24, 2.45) is 4.99 Å². The SMILES string of the molecule is C=CC(=Nc1ccccc1C)N(Cc1cc(=O)[nH]c2c(F)c(F)ccc12)c1cccc(Cl)c1. The first-order valence-corrected chi connectivity index (χ1v) is 10.5. The van der Waals surface area contributed by atoms with Gasteiger partial charge in [-0.2, -0.15) is 0 Å².